The van der Waals surface area contributed by atoms with Crippen LogP contribution in [0.5, 0.6) is 0 Å². The summed E-state index contributed by atoms with van der Waals surface area (Å²) < 4.78 is 5.91. The summed E-state index contributed by atoms with van der Waals surface area (Å²) in [5, 5.41) is 54.9. The van der Waals surface area contributed by atoms with Crippen molar-refractivity contribution >= 4 is 11.6 Å². The maximum atomic E-state index is 12.9. The van der Waals surface area contributed by atoms with Crippen LogP contribution in [0.3, 0.4) is 0 Å². The van der Waals surface area contributed by atoms with Crippen LogP contribution in [0.4, 0.5) is 0 Å². The number of aliphatic hydroxyl groups excluding tert-OH is 4. The molecule has 0 spiro atoms. The van der Waals surface area contributed by atoms with Crippen molar-refractivity contribution < 1.29 is 39.9 Å². The van der Waals surface area contributed by atoms with Crippen molar-refractivity contribution in [1.82, 2.24) is 0 Å². The van der Waals surface area contributed by atoms with Crippen LogP contribution < -0.4 is 0 Å². The first-order valence-electron chi connectivity index (χ1n) is 11.0. The normalized spacial score (nSPS) is 29.8. The SMILES string of the molecule is CCCC(=O)C1=C(O)C(C)(C)C(O)=C2CC3=C(O)[C@H](C)C(O)=C(C(=O)CCC)[C@]3(O)O[C@@H]21. The molecule has 3 atom stereocenters. The van der Waals surface area contributed by atoms with Crippen LogP contribution >= 0.6 is 0 Å². The summed E-state index contributed by atoms with van der Waals surface area (Å²) in [4.78, 5) is 25.8. The van der Waals surface area contributed by atoms with Gasteiger partial charge in [-0.05, 0) is 33.6 Å². The van der Waals surface area contributed by atoms with E-state index < -0.39 is 40.5 Å². The topological polar surface area (TPSA) is 145 Å². The molecule has 0 saturated carbocycles. The molecule has 0 radical (unpaired) electrons. The fourth-order valence-electron chi connectivity index (χ4n) is 4.71. The number of carbonyl (C=O) groups excluding carboxylic acids is 2. The number of rotatable bonds is 6. The fourth-order valence-corrected chi connectivity index (χ4v) is 4.71. The summed E-state index contributed by atoms with van der Waals surface area (Å²) in [5.41, 5.74) is -1.62. The average molecular weight is 449 g/mol. The number of carbonyl (C=O) groups is 2. The highest BCUT2D eigenvalue weighted by atomic mass is 16.6. The van der Waals surface area contributed by atoms with Gasteiger partial charge in [0.25, 0.3) is 0 Å². The van der Waals surface area contributed by atoms with Gasteiger partial charge >= 0.3 is 0 Å². The second-order valence-electron chi connectivity index (χ2n) is 9.27. The number of aliphatic hydroxyl groups is 5. The molecule has 1 aliphatic heterocycles. The van der Waals surface area contributed by atoms with Gasteiger partial charge in [0.1, 0.15) is 29.1 Å². The van der Waals surface area contributed by atoms with Crippen LogP contribution in [0.25, 0.3) is 0 Å². The van der Waals surface area contributed by atoms with Gasteiger partial charge < -0.3 is 30.3 Å². The van der Waals surface area contributed by atoms with Gasteiger partial charge in [-0.1, -0.05) is 13.8 Å². The summed E-state index contributed by atoms with van der Waals surface area (Å²) in [6.07, 6.45) is -0.443. The zero-order valence-electron chi connectivity index (χ0n) is 19.2. The molecule has 0 aromatic heterocycles. The van der Waals surface area contributed by atoms with Gasteiger partial charge in [0.05, 0.1) is 22.5 Å². The lowest BCUT2D eigenvalue weighted by Gasteiger charge is -2.48. The Labute approximate surface area is 187 Å². The van der Waals surface area contributed by atoms with Crippen LogP contribution in [0, 0.1) is 11.3 Å². The van der Waals surface area contributed by atoms with E-state index in [1.807, 2.05) is 0 Å². The molecule has 5 N–H and O–H groups in total. The highest BCUT2D eigenvalue weighted by Crippen LogP contribution is 2.54. The van der Waals surface area contributed by atoms with E-state index in [9.17, 15) is 35.1 Å². The summed E-state index contributed by atoms with van der Waals surface area (Å²) >= 11 is 0. The molecule has 176 valence electrons. The Morgan fingerprint density at radius 1 is 0.969 bits per heavy atom. The number of fused-ring (bicyclic) bond motifs is 2. The molecule has 8 nitrogen and oxygen atoms in total. The molecule has 3 rings (SSSR count). The quantitative estimate of drug-likeness (QED) is 0.408. The number of hydrogen-bond acceptors (Lipinski definition) is 8. The van der Waals surface area contributed by atoms with Crippen LogP contribution in [0.1, 0.15) is 66.7 Å². The molecule has 32 heavy (non-hydrogen) atoms. The van der Waals surface area contributed by atoms with Crippen LogP contribution in [-0.4, -0.2) is 49.0 Å². The van der Waals surface area contributed by atoms with Crippen LogP contribution in [-0.2, 0) is 14.3 Å². The number of ketones is 2. The predicted molar refractivity (Wildman–Crippen MR) is 116 cm³/mol. The molecule has 1 saturated heterocycles. The largest absolute Gasteiger partial charge is 0.511 e. The highest BCUT2D eigenvalue weighted by Gasteiger charge is 2.58. The van der Waals surface area contributed by atoms with Gasteiger partial charge in [-0.15, -0.1) is 0 Å². The minimum atomic E-state index is -2.50. The lowest BCUT2D eigenvalue weighted by molar-refractivity contribution is -0.185. The Bertz CT molecular complexity index is 993. The molecule has 1 heterocycles. The molecule has 1 fully saturated rings. The van der Waals surface area contributed by atoms with Crippen molar-refractivity contribution in [3.63, 3.8) is 0 Å². The molecule has 0 bridgehead atoms. The third-order valence-corrected chi connectivity index (χ3v) is 6.64. The Kier molecular flexibility index (Phi) is 6.08. The van der Waals surface area contributed by atoms with Crippen molar-refractivity contribution in [3.8, 4) is 0 Å². The van der Waals surface area contributed by atoms with Crippen molar-refractivity contribution in [2.24, 2.45) is 11.3 Å². The van der Waals surface area contributed by atoms with E-state index >= 15 is 0 Å². The molecule has 8 heteroatoms. The first-order valence-corrected chi connectivity index (χ1v) is 11.0. The third kappa shape index (κ3) is 3.28. The molecule has 0 amide bonds. The minimum absolute atomic E-state index is 0.0280. The Morgan fingerprint density at radius 2 is 1.53 bits per heavy atom. The van der Waals surface area contributed by atoms with Crippen LogP contribution in [0.15, 0.2) is 45.3 Å². The van der Waals surface area contributed by atoms with Gasteiger partial charge in [0.15, 0.2) is 11.6 Å². The smallest absolute Gasteiger partial charge is 0.227 e. The van der Waals surface area contributed by atoms with Crippen molar-refractivity contribution in [1.29, 1.82) is 0 Å². The molecule has 3 aliphatic rings. The van der Waals surface area contributed by atoms with E-state index in [1.165, 1.54) is 6.92 Å². The van der Waals surface area contributed by atoms with E-state index in [1.54, 1.807) is 27.7 Å². The summed E-state index contributed by atoms with van der Waals surface area (Å²) in [6, 6.07) is 0. The lowest BCUT2D eigenvalue weighted by Crippen LogP contribution is -2.53. The second kappa shape index (κ2) is 8.08. The zero-order chi connectivity index (χ0) is 24.2. The van der Waals surface area contributed by atoms with Gasteiger partial charge in [-0.3, -0.25) is 9.59 Å². The molecule has 0 unspecified atom stereocenters. The molecule has 0 aromatic rings. The molecular formula is C24H32O8. The highest BCUT2D eigenvalue weighted by molar-refractivity contribution is 6.00. The van der Waals surface area contributed by atoms with Crippen molar-refractivity contribution in [2.45, 2.75) is 78.6 Å². The summed E-state index contributed by atoms with van der Waals surface area (Å²) in [7, 11) is 0. The van der Waals surface area contributed by atoms with Gasteiger partial charge in [-0.2, -0.15) is 0 Å². The van der Waals surface area contributed by atoms with E-state index in [-0.39, 0.29) is 58.8 Å². The minimum Gasteiger partial charge on any atom is -0.511 e. The van der Waals surface area contributed by atoms with E-state index in [2.05, 4.69) is 0 Å². The maximum absolute atomic E-state index is 12.9. The number of ether oxygens (including phenoxy) is 1. The van der Waals surface area contributed by atoms with Crippen molar-refractivity contribution in [3.05, 3.63) is 45.3 Å². The summed E-state index contributed by atoms with van der Waals surface area (Å²) in [5.74, 6) is -5.89. The standard InChI is InChI=1S/C24H32O8/c1-6-8-14(25)16-20-12(21(29)23(4,5)22(16)30)10-13-18(27)11(3)19(28)17(15(26)9-7-2)24(13,31)32-20/h11,20,27-31H,6-10H2,1-5H3/t11-,20-,24+/m0/s1. The Morgan fingerprint density at radius 3 is 2.09 bits per heavy atom. The number of hydrogen-bond donors (Lipinski definition) is 5. The van der Waals surface area contributed by atoms with E-state index in [4.69, 9.17) is 4.74 Å². The van der Waals surface area contributed by atoms with Crippen LogP contribution in [0.2, 0.25) is 0 Å². The molecule has 0 aromatic carbocycles. The Balaban J connectivity index is 2.25. The lowest BCUT2D eigenvalue weighted by atomic mass is 9.69. The fraction of sp³-hybridized carbons (Fsp3) is 0.583. The second-order valence-corrected chi connectivity index (χ2v) is 9.27. The zero-order valence-corrected chi connectivity index (χ0v) is 19.2. The maximum Gasteiger partial charge on any atom is 0.227 e. The van der Waals surface area contributed by atoms with Gasteiger partial charge in [-0.25, -0.2) is 0 Å². The molecular weight excluding hydrogens is 416 g/mol. The van der Waals surface area contributed by atoms with E-state index in [0.717, 1.165) is 0 Å². The van der Waals surface area contributed by atoms with Gasteiger partial charge in [0, 0.05) is 30.4 Å². The molecule has 2 aliphatic carbocycles. The first-order chi connectivity index (χ1) is 14.8. The van der Waals surface area contributed by atoms with Crippen molar-refractivity contribution in [2.75, 3.05) is 0 Å². The monoisotopic (exact) mass is 448 g/mol. The Hall–Kier alpha value is -2.58. The predicted octanol–water partition coefficient (Wildman–Crippen LogP) is 4.14. The first kappa shape index (κ1) is 24.1. The number of Topliss-reactive ketones (excluding diaryl/α,β-unsaturated/α-hetero) is 2. The third-order valence-electron chi connectivity index (χ3n) is 6.64. The summed E-state index contributed by atoms with van der Waals surface area (Å²) in [6.45, 7) is 8.17. The average Bonchev–Trinajstić information content (AvgIpc) is 2.71. The van der Waals surface area contributed by atoms with E-state index in [0.29, 0.717) is 12.8 Å². The van der Waals surface area contributed by atoms with Gasteiger partial charge in [0.2, 0.25) is 5.79 Å².